The van der Waals surface area contributed by atoms with E-state index in [-0.39, 0.29) is 6.10 Å². The molecule has 2 rings (SSSR count). The second kappa shape index (κ2) is 6.49. The van der Waals surface area contributed by atoms with Crippen LogP contribution in [0.1, 0.15) is 13.8 Å². The van der Waals surface area contributed by atoms with Crippen molar-refractivity contribution in [2.75, 3.05) is 24.2 Å². The van der Waals surface area contributed by atoms with Gasteiger partial charge in [-0.3, -0.25) is 4.98 Å². The fourth-order valence-electron chi connectivity index (χ4n) is 1.68. The number of nitrogens with zero attached hydrogens (tertiary/aromatic N) is 2. The second-order valence-corrected chi connectivity index (χ2v) is 5.13. The van der Waals surface area contributed by atoms with Crippen LogP contribution in [0.5, 0.6) is 0 Å². The summed E-state index contributed by atoms with van der Waals surface area (Å²) < 4.78 is 9.70. The van der Waals surface area contributed by atoms with E-state index in [1.54, 1.807) is 12.4 Å². The van der Waals surface area contributed by atoms with Crippen molar-refractivity contribution in [2.45, 2.75) is 20.0 Å². The highest BCUT2D eigenvalue weighted by molar-refractivity contribution is 7.11. The van der Waals surface area contributed by atoms with Crippen molar-refractivity contribution < 1.29 is 4.74 Å². The maximum Gasteiger partial charge on any atom is 0.147 e. The van der Waals surface area contributed by atoms with E-state index in [0.717, 1.165) is 22.7 Å². The molecule has 0 bridgehead atoms. The van der Waals surface area contributed by atoms with Gasteiger partial charge in [-0.25, -0.2) is 0 Å². The van der Waals surface area contributed by atoms with Gasteiger partial charge in [0.2, 0.25) is 0 Å². The van der Waals surface area contributed by atoms with Crippen LogP contribution in [0.4, 0.5) is 10.8 Å². The van der Waals surface area contributed by atoms with Crippen molar-refractivity contribution in [3.05, 3.63) is 24.5 Å². The number of anilines is 2. The number of ether oxygens (including phenoxy) is 1. The van der Waals surface area contributed by atoms with Crippen molar-refractivity contribution in [1.29, 1.82) is 0 Å². The Balaban J connectivity index is 2.06. The van der Waals surface area contributed by atoms with E-state index in [0.29, 0.717) is 12.4 Å². The Hall–Kier alpha value is -1.66. The predicted octanol–water partition coefficient (Wildman–Crippen LogP) is 2.62. The Morgan fingerprint density at radius 2 is 2.11 bits per heavy atom. The number of nitrogen functional groups attached to an aromatic ring is 1. The van der Waals surface area contributed by atoms with Crippen molar-refractivity contribution in [1.82, 2.24) is 9.36 Å². The Kier molecular flexibility index (Phi) is 4.70. The minimum absolute atomic E-state index is 0.244. The van der Waals surface area contributed by atoms with E-state index in [1.165, 1.54) is 11.5 Å². The summed E-state index contributed by atoms with van der Waals surface area (Å²) in [6.45, 7) is 5.43. The summed E-state index contributed by atoms with van der Waals surface area (Å²) in [5.41, 5.74) is 7.90. The van der Waals surface area contributed by atoms with Gasteiger partial charge in [-0.15, -0.1) is 0 Å². The summed E-state index contributed by atoms with van der Waals surface area (Å²) in [5.74, 6) is 0.545. The molecule has 0 amide bonds. The molecule has 2 heterocycles. The van der Waals surface area contributed by atoms with Crippen LogP contribution in [-0.4, -0.2) is 28.6 Å². The van der Waals surface area contributed by atoms with Crippen LogP contribution < -0.4 is 11.1 Å². The highest BCUT2D eigenvalue weighted by Crippen LogP contribution is 2.36. The average molecular weight is 278 g/mol. The summed E-state index contributed by atoms with van der Waals surface area (Å²) >= 11 is 1.37. The first-order valence-corrected chi connectivity index (χ1v) is 6.97. The predicted molar refractivity (Wildman–Crippen MR) is 79.3 cm³/mol. The van der Waals surface area contributed by atoms with Crippen molar-refractivity contribution in [3.63, 3.8) is 0 Å². The van der Waals surface area contributed by atoms with Gasteiger partial charge in [0.25, 0.3) is 0 Å². The van der Waals surface area contributed by atoms with Gasteiger partial charge in [0.15, 0.2) is 0 Å². The highest BCUT2D eigenvalue weighted by Gasteiger charge is 2.13. The number of rotatable bonds is 6. The van der Waals surface area contributed by atoms with Gasteiger partial charge in [0.05, 0.1) is 18.3 Å². The average Bonchev–Trinajstić information content (AvgIpc) is 2.77. The fraction of sp³-hybridized carbons (Fsp3) is 0.385. The molecule has 0 aromatic carbocycles. The molecule has 0 aliphatic rings. The summed E-state index contributed by atoms with van der Waals surface area (Å²) in [7, 11) is 0. The quantitative estimate of drug-likeness (QED) is 0.795. The number of aromatic nitrogens is 2. The summed E-state index contributed by atoms with van der Waals surface area (Å²) in [5, 5.41) is 4.29. The van der Waals surface area contributed by atoms with E-state index in [9.17, 15) is 0 Å². The topological polar surface area (TPSA) is 73.1 Å². The van der Waals surface area contributed by atoms with Crippen molar-refractivity contribution >= 4 is 22.4 Å². The van der Waals surface area contributed by atoms with Crippen LogP contribution in [0.2, 0.25) is 0 Å². The molecular weight excluding hydrogens is 260 g/mol. The third kappa shape index (κ3) is 3.65. The first-order valence-electron chi connectivity index (χ1n) is 6.19. The molecule has 102 valence electrons. The number of hydrogen-bond donors (Lipinski definition) is 2. The van der Waals surface area contributed by atoms with Crippen LogP contribution in [-0.2, 0) is 4.74 Å². The second-order valence-electron chi connectivity index (χ2n) is 4.35. The standard InChI is InChI=1S/C13H18N4OS/c1-9(2)18-8-7-16-13-11(12(14)17-19-13)10-3-5-15-6-4-10/h3-6,9,16H,7-8H2,1-2H3,(H2,14,17). The number of hydrogen-bond acceptors (Lipinski definition) is 6. The zero-order valence-electron chi connectivity index (χ0n) is 11.1. The normalized spacial score (nSPS) is 10.9. The molecule has 5 nitrogen and oxygen atoms in total. The van der Waals surface area contributed by atoms with Gasteiger partial charge in [-0.1, -0.05) is 0 Å². The third-order valence-electron chi connectivity index (χ3n) is 2.53. The molecule has 19 heavy (non-hydrogen) atoms. The van der Waals surface area contributed by atoms with Gasteiger partial charge in [0.1, 0.15) is 10.8 Å². The first kappa shape index (κ1) is 13.8. The number of nitrogens with two attached hydrogens (primary N) is 1. The Labute approximate surface area is 117 Å². The van der Waals surface area contributed by atoms with Crippen LogP contribution in [0.15, 0.2) is 24.5 Å². The minimum atomic E-state index is 0.244. The zero-order valence-corrected chi connectivity index (χ0v) is 11.9. The molecule has 2 aromatic rings. The lowest BCUT2D eigenvalue weighted by molar-refractivity contribution is 0.0871. The molecular formula is C13H18N4OS. The van der Waals surface area contributed by atoms with Crippen LogP contribution in [0, 0.1) is 0 Å². The van der Waals surface area contributed by atoms with Crippen LogP contribution in [0.25, 0.3) is 11.1 Å². The van der Waals surface area contributed by atoms with Gasteiger partial charge in [-0.05, 0) is 43.1 Å². The molecule has 3 N–H and O–H groups in total. The lowest BCUT2D eigenvalue weighted by Gasteiger charge is -2.09. The first-order chi connectivity index (χ1) is 9.18. The minimum Gasteiger partial charge on any atom is -0.382 e. The van der Waals surface area contributed by atoms with E-state index in [2.05, 4.69) is 14.7 Å². The summed E-state index contributed by atoms with van der Waals surface area (Å²) in [6, 6.07) is 3.85. The molecule has 0 aliphatic heterocycles. The smallest absolute Gasteiger partial charge is 0.147 e. The van der Waals surface area contributed by atoms with E-state index < -0.39 is 0 Å². The lowest BCUT2D eigenvalue weighted by atomic mass is 10.1. The van der Waals surface area contributed by atoms with Crippen molar-refractivity contribution in [3.8, 4) is 11.1 Å². The maximum absolute atomic E-state index is 5.93. The van der Waals surface area contributed by atoms with E-state index in [1.807, 2.05) is 26.0 Å². The van der Waals surface area contributed by atoms with E-state index in [4.69, 9.17) is 10.5 Å². The molecule has 0 unspecified atom stereocenters. The Morgan fingerprint density at radius 3 is 2.79 bits per heavy atom. The molecule has 0 saturated carbocycles. The number of pyridine rings is 1. The van der Waals surface area contributed by atoms with Crippen LogP contribution in [0.3, 0.4) is 0 Å². The molecule has 0 atom stereocenters. The molecule has 0 spiro atoms. The lowest BCUT2D eigenvalue weighted by Crippen LogP contribution is -2.13. The van der Waals surface area contributed by atoms with Gasteiger partial charge < -0.3 is 15.8 Å². The van der Waals surface area contributed by atoms with Gasteiger partial charge in [0, 0.05) is 18.9 Å². The van der Waals surface area contributed by atoms with Crippen LogP contribution >= 0.6 is 11.5 Å². The summed E-state index contributed by atoms with van der Waals surface area (Å²) in [4.78, 5) is 4.01. The Bertz CT molecular complexity index is 513. The number of nitrogens with one attached hydrogen (secondary N) is 1. The molecule has 6 heteroatoms. The molecule has 0 aliphatic carbocycles. The molecule has 0 radical (unpaired) electrons. The van der Waals surface area contributed by atoms with E-state index >= 15 is 0 Å². The monoisotopic (exact) mass is 278 g/mol. The zero-order chi connectivity index (χ0) is 13.7. The largest absolute Gasteiger partial charge is 0.382 e. The maximum atomic E-state index is 5.93. The summed E-state index contributed by atoms with van der Waals surface area (Å²) in [6.07, 6.45) is 3.74. The SMILES string of the molecule is CC(C)OCCNc1snc(N)c1-c1ccncc1. The van der Waals surface area contributed by atoms with Crippen molar-refractivity contribution in [2.24, 2.45) is 0 Å². The molecule has 0 fully saturated rings. The molecule has 2 aromatic heterocycles. The fourth-order valence-corrected chi connectivity index (χ4v) is 2.44. The van der Waals surface area contributed by atoms with Gasteiger partial charge in [-0.2, -0.15) is 4.37 Å². The van der Waals surface area contributed by atoms with Gasteiger partial charge >= 0.3 is 0 Å². The Morgan fingerprint density at radius 1 is 1.37 bits per heavy atom. The third-order valence-corrected chi connectivity index (χ3v) is 3.35. The highest BCUT2D eigenvalue weighted by atomic mass is 32.1. The molecule has 0 saturated heterocycles.